The van der Waals surface area contributed by atoms with Gasteiger partial charge in [-0.05, 0) is 24.8 Å². The van der Waals surface area contributed by atoms with E-state index in [0.717, 1.165) is 25.9 Å². The Morgan fingerprint density at radius 1 is 1.48 bits per heavy atom. The van der Waals surface area contributed by atoms with Crippen LogP contribution in [0.3, 0.4) is 0 Å². The van der Waals surface area contributed by atoms with Crippen LogP contribution < -0.4 is 5.56 Å². The van der Waals surface area contributed by atoms with E-state index in [1.165, 1.54) is 10.6 Å². The quantitative estimate of drug-likeness (QED) is 0.827. The van der Waals surface area contributed by atoms with Crippen molar-refractivity contribution in [1.82, 2.24) is 9.47 Å². The van der Waals surface area contributed by atoms with Crippen LogP contribution in [0.1, 0.15) is 36.7 Å². The van der Waals surface area contributed by atoms with Crippen LogP contribution in [-0.4, -0.2) is 40.7 Å². The van der Waals surface area contributed by atoms with Crippen molar-refractivity contribution in [2.45, 2.75) is 31.8 Å². The Labute approximate surface area is 124 Å². The summed E-state index contributed by atoms with van der Waals surface area (Å²) in [7, 11) is 1.64. The summed E-state index contributed by atoms with van der Waals surface area (Å²) in [6, 6.07) is 4.81. The van der Waals surface area contributed by atoms with E-state index >= 15 is 0 Å². The highest BCUT2D eigenvalue weighted by atomic mass is 16.5. The lowest BCUT2D eigenvalue weighted by atomic mass is 9.92. The first-order chi connectivity index (χ1) is 10.0. The number of hydrogen-bond donors (Lipinski definition) is 0. The molecule has 2 atom stereocenters. The summed E-state index contributed by atoms with van der Waals surface area (Å²) in [6.45, 7) is 4.34. The minimum atomic E-state index is -0.155. The van der Waals surface area contributed by atoms with Gasteiger partial charge in [0, 0.05) is 19.7 Å². The number of aromatic nitrogens is 1. The van der Waals surface area contributed by atoms with Crippen LogP contribution in [0.5, 0.6) is 0 Å². The molecule has 0 N–H and O–H groups in total. The van der Waals surface area contributed by atoms with E-state index in [0.29, 0.717) is 24.7 Å². The van der Waals surface area contributed by atoms with Crippen molar-refractivity contribution in [3.05, 3.63) is 34.2 Å². The van der Waals surface area contributed by atoms with E-state index in [1.54, 1.807) is 19.2 Å². The molecule has 2 aliphatic heterocycles. The summed E-state index contributed by atoms with van der Waals surface area (Å²) in [6.07, 6.45) is 3.07. The molecule has 5 heteroatoms. The SMILES string of the molecule is CCC1COC2(CCN(C(=O)c3cccc(=O)n3C)C2)C1. The smallest absolute Gasteiger partial charge is 0.270 e. The fourth-order valence-corrected chi connectivity index (χ4v) is 3.44. The monoisotopic (exact) mass is 290 g/mol. The molecule has 2 fully saturated rings. The molecule has 0 aromatic carbocycles. The normalized spacial score (nSPS) is 28.5. The first-order valence-corrected chi connectivity index (χ1v) is 7.64. The topological polar surface area (TPSA) is 51.5 Å². The van der Waals surface area contributed by atoms with Gasteiger partial charge < -0.3 is 14.2 Å². The Hall–Kier alpha value is -1.62. The average molecular weight is 290 g/mol. The molecule has 0 saturated carbocycles. The zero-order chi connectivity index (χ0) is 15.0. The lowest BCUT2D eigenvalue weighted by Crippen LogP contribution is -2.37. The van der Waals surface area contributed by atoms with Gasteiger partial charge in [0.15, 0.2) is 0 Å². The van der Waals surface area contributed by atoms with Gasteiger partial charge in [-0.25, -0.2) is 0 Å². The van der Waals surface area contributed by atoms with Crippen molar-refractivity contribution < 1.29 is 9.53 Å². The number of rotatable bonds is 2. The number of amides is 1. The van der Waals surface area contributed by atoms with Crippen LogP contribution in [0.4, 0.5) is 0 Å². The molecule has 0 radical (unpaired) electrons. The highest BCUT2D eigenvalue weighted by Gasteiger charge is 2.46. The van der Waals surface area contributed by atoms with Crippen LogP contribution in [-0.2, 0) is 11.8 Å². The number of hydrogen-bond acceptors (Lipinski definition) is 3. The van der Waals surface area contributed by atoms with Crippen molar-refractivity contribution in [3.8, 4) is 0 Å². The maximum atomic E-state index is 12.6. The highest BCUT2D eigenvalue weighted by molar-refractivity contribution is 5.92. The van der Waals surface area contributed by atoms with Crippen molar-refractivity contribution in [2.24, 2.45) is 13.0 Å². The molecule has 2 unspecified atom stereocenters. The Bertz CT molecular complexity index is 610. The largest absolute Gasteiger partial charge is 0.373 e. The number of nitrogens with zero attached hydrogens (tertiary/aromatic N) is 2. The average Bonchev–Trinajstić information content (AvgIpc) is 3.09. The Balaban J connectivity index is 1.76. The molecule has 0 aliphatic carbocycles. The lowest BCUT2D eigenvalue weighted by molar-refractivity contribution is 0.0115. The molecule has 3 rings (SSSR count). The zero-order valence-electron chi connectivity index (χ0n) is 12.7. The Morgan fingerprint density at radius 3 is 3.00 bits per heavy atom. The number of pyridine rings is 1. The molecule has 114 valence electrons. The van der Waals surface area contributed by atoms with Crippen molar-refractivity contribution in [1.29, 1.82) is 0 Å². The molecular weight excluding hydrogens is 268 g/mol. The van der Waals surface area contributed by atoms with Gasteiger partial charge in [-0.1, -0.05) is 19.4 Å². The second-order valence-corrected chi connectivity index (χ2v) is 6.26. The maximum Gasteiger partial charge on any atom is 0.270 e. The van der Waals surface area contributed by atoms with Crippen LogP contribution in [0.2, 0.25) is 0 Å². The second kappa shape index (κ2) is 5.30. The minimum Gasteiger partial charge on any atom is -0.373 e. The molecule has 2 saturated heterocycles. The predicted octanol–water partition coefficient (Wildman–Crippen LogP) is 1.42. The maximum absolute atomic E-state index is 12.6. The molecular formula is C16H22N2O3. The van der Waals surface area contributed by atoms with Gasteiger partial charge in [-0.3, -0.25) is 9.59 Å². The van der Waals surface area contributed by atoms with Gasteiger partial charge >= 0.3 is 0 Å². The molecule has 1 aromatic heterocycles. The summed E-state index contributed by atoms with van der Waals surface area (Å²) < 4.78 is 7.43. The van der Waals surface area contributed by atoms with Gasteiger partial charge in [0.1, 0.15) is 5.69 Å². The van der Waals surface area contributed by atoms with Crippen LogP contribution >= 0.6 is 0 Å². The molecule has 0 bridgehead atoms. The van der Waals surface area contributed by atoms with Gasteiger partial charge in [0.05, 0.1) is 18.8 Å². The van der Waals surface area contributed by atoms with Crippen LogP contribution in [0.15, 0.2) is 23.0 Å². The third kappa shape index (κ3) is 2.50. The van der Waals surface area contributed by atoms with Gasteiger partial charge in [0.2, 0.25) is 0 Å². The van der Waals surface area contributed by atoms with Crippen LogP contribution in [0, 0.1) is 5.92 Å². The first kappa shape index (κ1) is 14.3. The van der Waals surface area contributed by atoms with Crippen molar-refractivity contribution in [3.63, 3.8) is 0 Å². The molecule has 1 aromatic rings. The summed E-state index contributed by atoms with van der Waals surface area (Å²) in [5.74, 6) is 0.539. The van der Waals surface area contributed by atoms with E-state index in [4.69, 9.17) is 4.74 Å². The third-order valence-electron chi connectivity index (χ3n) is 4.87. The summed E-state index contributed by atoms with van der Waals surface area (Å²) in [5, 5.41) is 0. The second-order valence-electron chi connectivity index (χ2n) is 6.26. The molecule has 3 heterocycles. The van der Waals surface area contributed by atoms with Gasteiger partial charge in [-0.2, -0.15) is 0 Å². The molecule has 1 spiro atoms. The standard InChI is InChI=1S/C16H22N2O3/c1-3-12-9-16(21-10-12)7-8-18(11-16)15(20)13-5-4-6-14(19)17(13)2/h4-6,12H,3,7-11H2,1-2H3. The van der Waals surface area contributed by atoms with E-state index in [1.807, 2.05) is 4.90 Å². The summed E-state index contributed by atoms with van der Waals surface area (Å²) in [5.41, 5.74) is 0.145. The Morgan fingerprint density at radius 2 is 2.29 bits per heavy atom. The summed E-state index contributed by atoms with van der Waals surface area (Å²) in [4.78, 5) is 26.1. The third-order valence-corrected chi connectivity index (χ3v) is 4.87. The van der Waals surface area contributed by atoms with Crippen molar-refractivity contribution in [2.75, 3.05) is 19.7 Å². The van der Waals surface area contributed by atoms with E-state index < -0.39 is 0 Å². The minimum absolute atomic E-state index is 0.0735. The lowest BCUT2D eigenvalue weighted by Gasteiger charge is -2.24. The zero-order valence-corrected chi connectivity index (χ0v) is 12.7. The predicted molar refractivity (Wildman–Crippen MR) is 79.3 cm³/mol. The van der Waals surface area contributed by atoms with Gasteiger partial charge in [0.25, 0.3) is 11.5 Å². The molecule has 5 nitrogen and oxygen atoms in total. The van der Waals surface area contributed by atoms with E-state index in [9.17, 15) is 9.59 Å². The molecule has 2 aliphatic rings. The molecule has 1 amide bonds. The van der Waals surface area contributed by atoms with Crippen molar-refractivity contribution >= 4 is 5.91 Å². The fourth-order valence-electron chi connectivity index (χ4n) is 3.44. The van der Waals surface area contributed by atoms with E-state index in [-0.39, 0.29) is 17.1 Å². The number of carbonyl (C=O) groups is 1. The first-order valence-electron chi connectivity index (χ1n) is 7.64. The van der Waals surface area contributed by atoms with E-state index in [2.05, 4.69) is 6.92 Å². The van der Waals surface area contributed by atoms with Gasteiger partial charge in [-0.15, -0.1) is 0 Å². The fraction of sp³-hybridized carbons (Fsp3) is 0.625. The highest BCUT2D eigenvalue weighted by Crippen LogP contribution is 2.39. The van der Waals surface area contributed by atoms with Crippen LogP contribution in [0.25, 0.3) is 0 Å². The number of carbonyl (C=O) groups excluding carboxylic acids is 1. The number of ether oxygens (including phenoxy) is 1. The Kier molecular flexibility index (Phi) is 3.61. The number of likely N-dealkylation sites (tertiary alicyclic amines) is 1. The summed E-state index contributed by atoms with van der Waals surface area (Å²) >= 11 is 0. The molecule has 21 heavy (non-hydrogen) atoms.